The van der Waals surface area contributed by atoms with Crippen LogP contribution >= 0.6 is 0 Å². The van der Waals surface area contributed by atoms with Gasteiger partial charge >= 0.3 is 17.1 Å². The molecule has 0 spiro atoms. The van der Waals surface area contributed by atoms with Crippen LogP contribution in [0.15, 0.2) is 29.8 Å². The molecule has 0 N–H and O–H groups in total. The van der Waals surface area contributed by atoms with Crippen LogP contribution in [0.25, 0.3) is 0 Å². The zero-order chi connectivity index (χ0) is 17.4. The minimum atomic E-state index is -0.753. The van der Waals surface area contributed by atoms with Gasteiger partial charge in [-0.15, -0.1) is 11.5 Å². The van der Waals surface area contributed by atoms with Crippen molar-refractivity contribution in [3.05, 3.63) is 99.1 Å². The summed E-state index contributed by atoms with van der Waals surface area (Å²) in [5.74, 6) is -1.26. The Labute approximate surface area is 160 Å². The van der Waals surface area contributed by atoms with E-state index in [1.54, 1.807) is 31.8 Å². The number of Topliss-reactive ketones (excluding diaryl/α,β-unsaturated/α-hetero) is 1. The third kappa shape index (κ3) is 6.57. The molecular weight excluding hydrogens is 358 g/mol. The van der Waals surface area contributed by atoms with Crippen LogP contribution < -0.4 is 10.2 Å². The summed E-state index contributed by atoms with van der Waals surface area (Å²) in [6.45, 7) is 0. The van der Waals surface area contributed by atoms with Crippen LogP contribution in [0.3, 0.4) is 0 Å². The van der Waals surface area contributed by atoms with Gasteiger partial charge in [0.1, 0.15) is 6.07 Å². The predicted octanol–water partition coefficient (Wildman–Crippen LogP) is 1.89. The number of rotatable bonds is 3. The van der Waals surface area contributed by atoms with E-state index >= 15 is 0 Å². The molecule has 0 aromatic heterocycles. The fraction of sp³-hybridized carbons (Fsp3) is 0. The van der Waals surface area contributed by atoms with Crippen LogP contribution in [0.4, 0.5) is 0 Å². The van der Waals surface area contributed by atoms with Gasteiger partial charge in [0, 0.05) is 11.5 Å². The van der Waals surface area contributed by atoms with Crippen LogP contribution in [-0.2, 0) is 17.1 Å². The Hall–Kier alpha value is -1.76. The van der Waals surface area contributed by atoms with E-state index in [1.165, 1.54) is 12.1 Å². The van der Waals surface area contributed by atoms with Gasteiger partial charge in [-0.1, -0.05) is 24.3 Å². The smallest absolute Gasteiger partial charge is 0.873 e. The second kappa shape index (κ2) is 11.0. The minimum Gasteiger partial charge on any atom is -0.873 e. The summed E-state index contributed by atoms with van der Waals surface area (Å²) in [4.78, 5) is 12.0. The number of hydrogen-bond donors (Lipinski definition) is 0. The van der Waals surface area contributed by atoms with E-state index < -0.39 is 17.3 Å². The van der Waals surface area contributed by atoms with Crippen LogP contribution in [0.1, 0.15) is 10.4 Å². The second-order valence-corrected chi connectivity index (χ2v) is 4.84. The molecule has 0 atom stereocenters. The van der Waals surface area contributed by atoms with E-state index in [0.717, 1.165) is 18.1 Å². The molecule has 3 rings (SSSR count). The molecule has 2 aliphatic rings. The number of allylic oxidation sites excluding steroid dienone is 2. The van der Waals surface area contributed by atoms with Crippen molar-refractivity contribution in [2.24, 2.45) is 0 Å². The van der Waals surface area contributed by atoms with E-state index in [4.69, 9.17) is 5.26 Å². The summed E-state index contributed by atoms with van der Waals surface area (Å²) in [7, 11) is 0. The molecule has 124 valence electrons. The first-order valence-electron chi connectivity index (χ1n) is 7.15. The van der Waals surface area contributed by atoms with E-state index in [9.17, 15) is 15.0 Å². The Bertz CT molecular complexity index is 631. The number of nitrogens with zero attached hydrogens (tertiary/aromatic N) is 1. The molecule has 5 heteroatoms. The molecule has 1 aromatic rings. The van der Waals surface area contributed by atoms with Gasteiger partial charge in [-0.05, 0) is 57.8 Å². The van der Waals surface area contributed by atoms with Gasteiger partial charge in [-0.25, -0.2) is 0 Å². The fourth-order valence-electron chi connectivity index (χ4n) is 1.93. The molecule has 0 aliphatic heterocycles. The summed E-state index contributed by atoms with van der Waals surface area (Å²) >= 11 is 0. The third-order valence-electron chi connectivity index (χ3n) is 3.13. The zero-order valence-corrected chi connectivity index (χ0v) is 14.1. The topological polar surface area (TPSA) is 87.0 Å². The molecule has 0 bridgehead atoms. The van der Waals surface area contributed by atoms with Gasteiger partial charge in [-0.2, -0.15) is 5.26 Å². The summed E-state index contributed by atoms with van der Waals surface area (Å²) in [5, 5.41) is 31.2. The van der Waals surface area contributed by atoms with Crippen molar-refractivity contribution in [3.63, 3.8) is 0 Å². The summed E-state index contributed by atoms with van der Waals surface area (Å²) in [6, 6.07) is 5.05. The quantitative estimate of drug-likeness (QED) is 0.351. The van der Waals surface area contributed by atoms with Gasteiger partial charge in [0.25, 0.3) is 0 Å². The Kier molecular flexibility index (Phi) is 9.34. The molecule has 0 saturated heterocycles. The number of hydrogen-bond acceptors (Lipinski definition) is 4. The maximum Gasteiger partial charge on any atom is 2.00 e. The normalized spacial score (nSPS) is 17.2. The summed E-state index contributed by atoms with van der Waals surface area (Å²) in [6.07, 6.45) is 18.5. The number of nitriles is 1. The van der Waals surface area contributed by atoms with E-state index in [1.807, 2.05) is 32.1 Å². The standard InChI is InChI=1S/C15H10NO3.C5H5.Fe/c16-9-12(7-10-3-1-2-4-10)15(19)11-5-6-13(17)14(18)8-11;1-2-4-5-3-1;/h1-8,17-18H;1-5H;/q;;+2/p-2/b12-7+;;. The average molecular weight is 371 g/mol. The molecule has 0 heterocycles. The number of benzene rings is 1. The van der Waals surface area contributed by atoms with E-state index in [0.29, 0.717) is 0 Å². The van der Waals surface area contributed by atoms with Crippen LogP contribution in [0.2, 0.25) is 0 Å². The van der Waals surface area contributed by atoms with Crippen molar-refractivity contribution in [2.45, 2.75) is 0 Å². The minimum absolute atomic E-state index is 0. The molecule has 2 saturated carbocycles. The third-order valence-corrected chi connectivity index (χ3v) is 3.13. The Morgan fingerprint density at radius 1 is 0.920 bits per heavy atom. The van der Waals surface area contributed by atoms with Gasteiger partial charge in [-0.3, -0.25) is 4.79 Å². The molecule has 2 fully saturated rings. The average Bonchev–Trinajstić information content (AvgIpc) is 3.30. The van der Waals surface area contributed by atoms with E-state index in [2.05, 4.69) is 0 Å². The number of ketones is 1. The fourth-order valence-corrected chi connectivity index (χ4v) is 1.93. The van der Waals surface area contributed by atoms with E-state index in [-0.39, 0.29) is 28.2 Å². The summed E-state index contributed by atoms with van der Waals surface area (Å²) < 4.78 is 0. The Morgan fingerprint density at radius 3 is 1.96 bits per heavy atom. The largest absolute Gasteiger partial charge is 2.00 e. The van der Waals surface area contributed by atoms with Crippen molar-refractivity contribution >= 4 is 5.78 Å². The van der Waals surface area contributed by atoms with Crippen molar-refractivity contribution in [3.8, 4) is 17.6 Å². The molecule has 1 aromatic carbocycles. The molecule has 10 radical (unpaired) electrons. The van der Waals surface area contributed by atoms with Gasteiger partial charge < -0.3 is 10.2 Å². The molecule has 25 heavy (non-hydrogen) atoms. The maximum atomic E-state index is 12.0. The van der Waals surface area contributed by atoms with Gasteiger partial charge in [0.05, 0.1) is 5.57 Å². The zero-order valence-electron chi connectivity index (χ0n) is 13.0. The van der Waals surface area contributed by atoms with Crippen molar-refractivity contribution < 1.29 is 32.1 Å². The SMILES string of the molecule is N#C/C(=C\[C]1[CH][CH][CH][CH]1)C(=O)c1ccc([O-])c([O-])c1.[CH]1[CH][CH][CH][CH]1.[Fe+2]. The molecular formula is C20H13FeNO3. The number of carbonyl (C=O) groups excluding carboxylic acids is 1. The second-order valence-electron chi connectivity index (χ2n) is 4.84. The van der Waals surface area contributed by atoms with Crippen LogP contribution in [0, 0.1) is 75.0 Å². The first-order chi connectivity index (χ1) is 11.6. The summed E-state index contributed by atoms with van der Waals surface area (Å²) in [5.41, 5.74) is -0.0341. The number of carbonyl (C=O) groups is 1. The molecule has 0 amide bonds. The first-order valence-corrected chi connectivity index (χ1v) is 7.15. The Balaban J connectivity index is 0.000000448. The monoisotopic (exact) mass is 371 g/mol. The Morgan fingerprint density at radius 2 is 1.48 bits per heavy atom. The van der Waals surface area contributed by atoms with Gasteiger partial charge in [0.15, 0.2) is 0 Å². The van der Waals surface area contributed by atoms with Gasteiger partial charge in [0.2, 0.25) is 5.78 Å². The first kappa shape index (κ1) is 21.3. The molecule has 4 nitrogen and oxygen atoms in total. The van der Waals surface area contributed by atoms with Crippen molar-refractivity contribution in [1.82, 2.24) is 0 Å². The van der Waals surface area contributed by atoms with Crippen LogP contribution in [0.5, 0.6) is 11.5 Å². The molecule has 0 unspecified atom stereocenters. The van der Waals surface area contributed by atoms with Crippen LogP contribution in [-0.4, -0.2) is 5.78 Å². The maximum absolute atomic E-state index is 12.0. The predicted molar refractivity (Wildman–Crippen MR) is 85.3 cm³/mol. The van der Waals surface area contributed by atoms with Crippen molar-refractivity contribution in [1.29, 1.82) is 5.26 Å². The molecule has 2 aliphatic carbocycles. The van der Waals surface area contributed by atoms with Crippen molar-refractivity contribution in [2.75, 3.05) is 0 Å².